The first-order valence-corrected chi connectivity index (χ1v) is 18.0. The Labute approximate surface area is 302 Å². The third-order valence-electron chi connectivity index (χ3n) is 9.91. The van der Waals surface area contributed by atoms with Gasteiger partial charge in [-0.1, -0.05) is 96.7 Å². The molecule has 1 aliphatic rings. The number of fused-ring (bicyclic) bond motifs is 7. The van der Waals surface area contributed by atoms with Crippen molar-refractivity contribution < 1.29 is 8.83 Å². The number of benzene rings is 8. The molecule has 11 rings (SSSR count). The summed E-state index contributed by atoms with van der Waals surface area (Å²) in [5.41, 5.74) is 10.8. The quantitative estimate of drug-likeness (QED) is 0.172. The fourth-order valence-corrected chi connectivity index (χ4v) is 8.56. The molecular formula is C46H27N3O2S. The minimum Gasteiger partial charge on any atom is -0.436 e. The van der Waals surface area contributed by atoms with Gasteiger partial charge in [0.15, 0.2) is 11.2 Å². The first kappa shape index (κ1) is 29.1. The van der Waals surface area contributed by atoms with Crippen LogP contribution in [0.1, 0.15) is 0 Å². The van der Waals surface area contributed by atoms with Crippen LogP contribution in [-0.2, 0) is 0 Å². The highest BCUT2D eigenvalue weighted by atomic mass is 32.2. The molecule has 1 aliphatic heterocycles. The van der Waals surface area contributed by atoms with E-state index in [2.05, 4.69) is 120 Å². The fourth-order valence-electron chi connectivity index (χ4n) is 7.43. The van der Waals surface area contributed by atoms with E-state index in [1.54, 1.807) is 11.8 Å². The van der Waals surface area contributed by atoms with Crippen molar-refractivity contribution in [3.05, 3.63) is 164 Å². The van der Waals surface area contributed by atoms with Crippen molar-refractivity contribution in [3.63, 3.8) is 0 Å². The van der Waals surface area contributed by atoms with Gasteiger partial charge in [0, 0.05) is 26.6 Å². The van der Waals surface area contributed by atoms with E-state index in [1.165, 1.54) is 32.7 Å². The molecule has 0 amide bonds. The van der Waals surface area contributed by atoms with Crippen LogP contribution < -0.4 is 4.90 Å². The molecule has 0 radical (unpaired) electrons. The van der Waals surface area contributed by atoms with Gasteiger partial charge in [-0.05, 0) is 112 Å². The highest BCUT2D eigenvalue weighted by molar-refractivity contribution is 7.99. The van der Waals surface area contributed by atoms with Crippen LogP contribution in [0, 0.1) is 0 Å². The maximum Gasteiger partial charge on any atom is 0.227 e. The Bertz CT molecular complexity index is 2830. The summed E-state index contributed by atoms with van der Waals surface area (Å²) in [6.07, 6.45) is 0. The predicted octanol–water partition coefficient (Wildman–Crippen LogP) is 13.2. The summed E-state index contributed by atoms with van der Waals surface area (Å²) in [6, 6.07) is 57.3. The van der Waals surface area contributed by atoms with Crippen LogP contribution >= 0.6 is 11.8 Å². The number of hydrogen-bond donors (Lipinski definition) is 0. The summed E-state index contributed by atoms with van der Waals surface area (Å²) in [4.78, 5) is 14.1. The maximum atomic E-state index is 6.19. The zero-order valence-electron chi connectivity index (χ0n) is 27.7. The Morgan fingerprint density at radius 3 is 1.58 bits per heavy atom. The van der Waals surface area contributed by atoms with Gasteiger partial charge in [-0.2, -0.15) is 0 Å². The highest BCUT2D eigenvalue weighted by Crippen LogP contribution is 2.53. The Balaban J connectivity index is 1.05. The number of oxazole rings is 2. The first-order valence-electron chi connectivity index (χ1n) is 17.2. The average Bonchev–Trinajstić information content (AvgIpc) is 3.85. The van der Waals surface area contributed by atoms with Gasteiger partial charge in [-0.15, -0.1) is 0 Å². The zero-order chi connectivity index (χ0) is 34.2. The van der Waals surface area contributed by atoms with Gasteiger partial charge >= 0.3 is 0 Å². The van der Waals surface area contributed by atoms with Crippen molar-refractivity contribution in [1.29, 1.82) is 0 Å². The van der Waals surface area contributed by atoms with E-state index in [0.717, 1.165) is 60.2 Å². The molecule has 0 atom stereocenters. The van der Waals surface area contributed by atoms with E-state index < -0.39 is 0 Å². The second-order valence-electron chi connectivity index (χ2n) is 13.0. The summed E-state index contributed by atoms with van der Waals surface area (Å²) in [5, 5.41) is 5.02. The molecule has 0 saturated heterocycles. The second kappa shape index (κ2) is 11.5. The van der Waals surface area contributed by atoms with Crippen LogP contribution in [0.25, 0.3) is 77.8 Å². The van der Waals surface area contributed by atoms with Crippen LogP contribution in [0.2, 0.25) is 0 Å². The third kappa shape index (κ3) is 4.65. The predicted molar refractivity (Wildman–Crippen MR) is 212 cm³/mol. The maximum absolute atomic E-state index is 6.19. The molecule has 0 fully saturated rings. The molecule has 0 spiro atoms. The topological polar surface area (TPSA) is 55.3 Å². The standard InChI is InChI=1S/C46H27N3O2S/c1-2-10-33-29(9-1)25-36(35-12-4-3-11-34(33)35)28-17-21-32(22-18-28)49-39-23-19-30(45-47-37-13-5-7-15-41(37)50-45)26-43(39)52-44-27-31(20-24-40(44)49)46-48-38-14-6-8-16-42(38)51-46/h1-27H. The SMILES string of the molecule is c1ccc2c(c1)cc(-c1ccc(N3c4ccc(-c5nc6ccccc6o5)cc4Sc4cc(-c5nc6ccccc6o5)ccc43)cc1)c1ccccc12. The van der Waals surface area contributed by atoms with E-state index in [1.807, 2.05) is 48.5 Å². The van der Waals surface area contributed by atoms with E-state index in [0.29, 0.717) is 11.8 Å². The molecule has 2 aromatic heterocycles. The van der Waals surface area contributed by atoms with Gasteiger partial charge in [0.2, 0.25) is 11.8 Å². The van der Waals surface area contributed by atoms with Gasteiger partial charge in [-0.3, -0.25) is 0 Å². The van der Waals surface area contributed by atoms with Crippen molar-refractivity contribution in [2.45, 2.75) is 9.79 Å². The summed E-state index contributed by atoms with van der Waals surface area (Å²) >= 11 is 1.73. The molecule has 0 N–H and O–H groups in total. The molecule has 5 nitrogen and oxygen atoms in total. The smallest absolute Gasteiger partial charge is 0.227 e. The van der Waals surface area contributed by atoms with E-state index in [4.69, 9.17) is 18.8 Å². The molecular weight excluding hydrogens is 659 g/mol. The van der Waals surface area contributed by atoms with Gasteiger partial charge in [0.1, 0.15) is 11.0 Å². The molecule has 3 heterocycles. The van der Waals surface area contributed by atoms with Gasteiger partial charge in [0.25, 0.3) is 0 Å². The van der Waals surface area contributed by atoms with Crippen LogP contribution in [0.5, 0.6) is 0 Å². The molecule has 244 valence electrons. The number of rotatable bonds is 4. The Hall–Kier alpha value is -6.63. The fraction of sp³-hybridized carbons (Fsp3) is 0. The van der Waals surface area contributed by atoms with Crippen molar-refractivity contribution in [1.82, 2.24) is 9.97 Å². The molecule has 6 heteroatoms. The lowest BCUT2D eigenvalue weighted by Gasteiger charge is -2.33. The number of aromatic nitrogens is 2. The first-order chi connectivity index (χ1) is 25.7. The van der Waals surface area contributed by atoms with Crippen molar-refractivity contribution in [2.75, 3.05) is 4.90 Å². The minimum atomic E-state index is 0.606. The largest absolute Gasteiger partial charge is 0.436 e. The number of hydrogen-bond acceptors (Lipinski definition) is 6. The summed E-state index contributed by atoms with van der Waals surface area (Å²) in [7, 11) is 0. The Kier molecular flexibility index (Phi) is 6.42. The number of nitrogens with zero attached hydrogens (tertiary/aromatic N) is 3. The van der Waals surface area contributed by atoms with E-state index in [-0.39, 0.29) is 0 Å². The van der Waals surface area contributed by atoms with Crippen molar-refractivity contribution in [3.8, 4) is 34.0 Å². The average molecular weight is 686 g/mol. The van der Waals surface area contributed by atoms with E-state index >= 15 is 0 Å². The van der Waals surface area contributed by atoms with E-state index in [9.17, 15) is 0 Å². The van der Waals surface area contributed by atoms with Crippen molar-refractivity contribution in [2.24, 2.45) is 0 Å². The normalized spacial score (nSPS) is 12.5. The van der Waals surface area contributed by atoms with Crippen LogP contribution in [0.4, 0.5) is 17.1 Å². The molecule has 0 unspecified atom stereocenters. The molecule has 0 bridgehead atoms. The minimum absolute atomic E-state index is 0.606. The molecule has 52 heavy (non-hydrogen) atoms. The molecule has 10 aromatic rings. The lowest BCUT2D eigenvalue weighted by molar-refractivity contribution is 0.619. The van der Waals surface area contributed by atoms with Crippen LogP contribution in [0.3, 0.4) is 0 Å². The van der Waals surface area contributed by atoms with Crippen LogP contribution in [-0.4, -0.2) is 9.97 Å². The third-order valence-corrected chi connectivity index (χ3v) is 11.0. The molecule has 0 saturated carbocycles. The summed E-state index contributed by atoms with van der Waals surface area (Å²) in [6.45, 7) is 0. The highest BCUT2D eigenvalue weighted by Gasteiger charge is 2.27. The molecule has 8 aromatic carbocycles. The van der Waals surface area contributed by atoms with Crippen LogP contribution in [0.15, 0.2) is 182 Å². The molecule has 0 aliphatic carbocycles. The lowest BCUT2D eigenvalue weighted by Crippen LogP contribution is -2.15. The Morgan fingerprint density at radius 2 is 0.962 bits per heavy atom. The number of para-hydroxylation sites is 4. The van der Waals surface area contributed by atoms with Crippen molar-refractivity contribution >= 4 is 72.6 Å². The van der Waals surface area contributed by atoms with Gasteiger partial charge in [-0.25, -0.2) is 9.97 Å². The number of anilines is 3. The Morgan fingerprint density at radius 1 is 0.442 bits per heavy atom. The zero-order valence-corrected chi connectivity index (χ0v) is 28.5. The summed E-state index contributed by atoms with van der Waals surface area (Å²) < 4.78 is 12.4. The second-order valence-corrected chi connectivity index (χ2v) is 14.1. The van der Waals surface area contributed by atoms with Gasteiger partial charge in [0.05, 0.1) is 11.4 Å². The van der Waals surface area contributed by atoms with Gasteiger partial charge < -0.3 is 13.7 Å². The lowest BCUT2D eigenvalue weighted by atomic mass is 9.93. The monoisotopic (exact) mass is 685 g/mol. The summed E-state index contributed by atoms with van der Waals surface area (Å²) in [5.74, 6) is 1.21.